The van der Waals surface area contributed by atoms with Crippen LogP contribution >= 0.6 is 11.8 Å². The lowest BCUT2D eigenvalue weighted by Gasteiger charge is -2.26. The van der Waals surface area contributed by atoms with E-state index in [1.807, 2.05) is 6.92 Å². The van der Waals surface area contributed by atoms with Crippen molar-refractivity contribution in [1.29, 1.82) is 0 Å². The van der Waals surface area contributed by atoms with Gasteiger partial charge in [0.25, 0.3) is 5.91 Å². The van der Waals surface area contributed by atoms with E-state index in [2.05, 4.69) is 5.32 Å². The summed E-state index contributed by atoms with van der Waals surface area (Å²) in [5, 5.41) is 2.70. The van der Waals surface area contributed by atoms with Crippen molar-refractivity contribution in [1.82, 2.24) is 4.90 Å². The molecule has 0 aliphatic carbocycles. The molecule has 0 radical (unpaired) electrons. The van der Waals surface area contributed by atoms with Gasteiger partial charge in [-0.1, -0.05) is 6.92 Å². The Morgan fingerprint density at radius 3 is 2.45 bits per heavy atom. The van der Waals surface area contributed by atoms with Crippen LogP contribution in [0, 0.1) is 11.6 Å². The molecule has 1 aliphatic heterocycles. The highest BCUT2D eigenvalue weighted by atomic mass is 32.2. The van der Waals surface area contributed by atoms with Crippen LogP contribution in [0.5, 0.6) is 0 Å². The van der Waals surface area contributed by atoms with Gasteiger partial charge in [-0.25, -0.2) is 8.78 Å². The summed E-state index contributed by atoms with van der Waals surface area (Å²) in [6.07, 6.45) is 0.769. The van der Waals surface area contributed by atoms with Crippen LogP contribution in [0.25, 0.3) is 0 Å². The van der Waals surface area contributed by atoms with E-state index >= 15 is 0 Å². The molecule has 0 atom stereocenters. The third-order valence-electron chi connectivity index (χ3n) is 3.14. The van der Waals surface area contributed by atoms with Crippen LogP contribution in [0.15, 0.2) is 12.1 Å². The van der Waals surface area contributed by atoms with Crippen LogP contribution in [-0.4, -0.2) is 41.9 Å². The van der Waals surface area contributed by atoms with Crippen molar-refractivity contribution < 1.29 is 13.6 Å². The Morgan fingerprint density at radius 2 is 1.90 bits per heavy atom. The number of carbonyl (C=O) groups excluding carboxylic acids is 1. The Hall–Kier alpha value is -1.30. The summed E-state index contributed by atoms with van der Waals surface area (Å²) in [6.45, 7) is 3.66. The van der Waals surface area contributed by atoms with Crippen LogP contribution in [0.3, 0.4) is 0 Å². The Kier molecular flexibility index (Phi) is 5.23. The van der Waals surface area contributed by atoms with Crippen LogP contribution in [0.2, 0.25) is 0 Å². The molecule has 1 saturated heterocycles. The van der Waals surface area contributed by atoms with E-state index < -0.39 is 11.6 Å². The lowest BCUT2D eigenvalue weighted by atomic mass is 10.1. The summed E-state index contributed by atoms with van der Waals surface area (Å²) >= 11 is 1.78. The average molecular weight is 300 g/mol. The molecule has 2 rings (SSSR count). The van der Waals surface area contributed by atoms with Crippen LogP contribution in [0.1, 0.15) is 23.7 Å². The van der Waals surface area contributed by atoms with Crippen molar-refractivity contribution in [3.05, 3.63) is 29.3 Å². The summed E-state index contributed by atoms with van der Waals surface area (Å²) < 4.78 is 27.8. The zero-order valence-corrected chi connectivity index (χ0v) is 12.2. The zero-order chi connectivity index (χ0) is 14.5. The normalized spacial score (nSPS) is 15.2. The molecule has 1 amide bonds. The number of nitrogens with one attached hydrogen (secondary N) is 1. The molecule has 0 unspecified atom stereocenters. The molecule has 0 aromatic heterocycles. The molecule has 0 bridgehead atoms. The summed E-state index contributed by atoms with van der Waals surface area (Å²) in [7, 11) is 0. The van der Waals surface area contributed by atoms with Crippen molar-refractivity contribution in [2.75, 3.05) is 36.5 Å². The van der Waals surface area contributed by atoms with Gasteiger partial charge >= 0.3 is 0 Å². The quantitative estimate of drug-likeness (QED) is 0.928. The van der Waals surface area contributed by atoms with Gasteiger partial charge in [0.05, 0.1) is 0 Å². The first-order valence-electron chi connectivity index (χ1n) is 6.73. The van der Waals surface area contributed by atoms with Crippen molar-refractivity contribution in [3.63, 3.8) is 0 Å². The first kappa shape index (κ1) is 15.1. The minimum Gasteiger partial charge on any atom is -0.380 e. The second-order valence-corrected chi connectivity index (χ2v) is 5.87. The molecule has 110 valence electrons. The fourth-order valence-electron chi connectivity index (χ4n) is 2.06. The Balaban J connectivity index is 2.18. The predicted octanol–water partition coefficient (Wildman–Crippen LogP) is 2.98. The molecule has 0 saturated carbocycles. The lowest BCUT2D eigenvalue weighted by Crippen LogP contribution is -2.38. The monoisotopic (exact) mass is 300 g/mol. The molecular weight excluding hydrogens is 282 g/mol. The second-order valence-electron chi connectivity index (χ2n) is 4.65. The standard InChI is InChI=1S/C14H18F2N2OS/c1-2-3-17-13-11(15)8-10(9-12(13)16)14(19)18-4-6-20-7-5-18/h8-9,17H,2-7H2,1H3. The Morgan fingerprint density at radius 1 is 1.30 bits per heavy atom. The largest absolute Gasteiger partial charge is 0.380 e. The number of thioether (sulfide) groups is 1. The number of hydrogen-bond donors (Lipinski definition) is 1. The minimum atomic E-state index is -0.715. The number of carbonyl (C=O) groups is 1. The molecule has 1 heterocycles. The smallest absolute Gasteiger partial charge is 0.254 e. The number of anilines is 1. The number of halogens is 2. The Labute approximate surface area is 121 Å². The van der Waals surface area contributed by atoms with Gasteiger partial charge in [0.15, 0.2) is 0 Å². The number of benzene rings is 1. The maximum absolute atomic E-state index is 13.9. The number of hydrogen-bond acceptors (Lipinski definition) is 3. The van der Waals surface area contributed by atoms with Gasteiger partial charge in [-0.05, 0) is 18.6 Å². The van der Waals surface area contributed by atoms with E-state index in [1.54, 1.807) is 16.7 Å². The maximum Gasteiger partial charge on any atom is 0.254 e. The fraction of sp³-hybridized carbons (Fsp3) is 0.500. The second kappa shape index (κ2) is 6.92. The average Bonchev–Trinajstić information content (AvgIpc) is 2.46. The molecule has 1 fully saturated rings. The van der Waals surface area contributed by atoms with Crippen molar-refractivity contribution in [3.8, 4) is 0 Å². The molecule has 1 N–H and O–H groups in total. The van der Waals surface area contributed by atoms with Crippen molar-refractivity contribution >= 4 is 23.4 Å². The summed E-state index contributed by atoms with van der Waals surface area (Å²) in [5.74, 6) is 0.00572. The number of rotatable bonds is 4. The number of nitrogens with zero attached hydrogens (tertiary/aromatic N) is 1. The Bertz CT molecular complexity index is 467. The first-order valence-corrected chi connectivity index (χ1v) is 7.89. The van der Waals surface area contributed by atoms with Gasteiger partial charge in [-0.15, -0.1) is 0 Å². The van der Waals surface area contributed by atoms with E-state index in [-0.39, 0.29) is 17.2 Å². The van der Waals surface area contributed by atoms with Crippen molar-refractivity contribution in [2.45, 2.75) is 13.3 Å². The van der Waals surface area contributed by atoms with E-state index in [0.29, 0.717) is 19.6 Å². The van der Waals surface area contributed by atoms with Crippen molar-refractivity contribution in [2.24, 2.45) is 0 Å². The SMILES string of the molecule is CCCNc1c(F)cc(C(=O)N2CCSCC2)cc1F. The maximum atomic E-state index is 13.9. The van der Waals surface area contributed by atoms with E-state index in [9.17, 15) is 13.6 Å². The topological polar surface area (TPSA) is 32.3 Å². The number of amides is 1. The molecule has 1 aromatic rings. The predicted molar refractivity (Wildman–Crippen MR) is 78.4 cm³/mol. The highest BCUT2D eigenvalue weighted by Crippen LogP contribution is 2.22. The van der Waals surface area contributed by atoms with Gasteiger partial charge in [-0.2, -0.15) is 11.8 Å². The van der Waals surface area contributed by atoms with Gasteiger partial charge in [0.1, 0.15) is 17.3 Å². The fourth-order valence-corrected chi connectivity index (χ4v) is 2.97. The third kappa shape index (κ3) is 3.42. The summed E-state index contributed by atoms with van der Waals surface area (Å²) in [5.41, 5.74) is -0.0773. The summed E-state index contributed by atoms with van der Waals surface area (Å²) in [4.78, 5) is 13.8. The highest BCUT2D eigenvalue weighted by Gasteiger charge is 2.21. The van der Waals surface area contributed by atoms with E-state index in [4.69, 9.17) is 0 Å². The molecule has 1 aromatic carbocycles. The molecule has 20 heavy (non-hydrogen) atoms. The lowest BCUT2D eigenvalue weighted by molar-refractivity contribution is 0.0771. The molecular formula is C14H18F2N2OS. The van der Waals surface area contributed by atoms with Gasteiger partial charge < -0.3 is 10.2 Å². The van der Waals surface area contributed by atoms with Gasteiger partial charge in [0, 0.05) is 36.7 Å². The van der Waals surface area contributed by atoms with E-state index in [0.717, 1.165) is 30.1 Å². The van der Waals surface area contributed by atoms with Crippen LogP contribution < -0.4 is 5.32 Å². The van der Waals surface area contributed by atoms with Gasteiger partial charge in [0.2, 0.25) is 0 Å². The third-order valence-corrected chi connectivity index (χ3v) is 4.08. The minimum absolute atomic E-state index is 0.0777. The summed E-state index contributed by atoms with van der Waals surface area (Å²) in [6, 6.07) is 2.23. The molecule has 1 aliphatic rings. The highest BCUT2D eigenvalue weighted by molar-refractivity contribution is 7.99. The first-order chi connectivity index (χ1) is 9.63. The molecule has 0 spiro atoms. The molecule has 3 nitrogen and oxygen atoms in total. The van der Waals surface area contributed by atoms with Gasteiger partial charge in [-0.3, -0.25) is 4.79 Å². The zero-order valence-electron chi connectivity index (χ0n) is 11.4. The van der Waals surface area contributed by atoms with Crippen LogP contribution in [-0.2, 0) is 0 Å². The molecule has 6 heteroatoms. The van der Waals surface area contributed by atoms with Crippen LogP contribution in [0.4, 0.5) is 14.5 Å². The van der Waals surface area contributed by atoms with E-state index in [1.165, 1.54) is 0 Å².